The van der Waals surface area contributed by atoms with Crippen LogP contribution in [0.15, 0.2) is 121 Å². The highest BCUT2D eigenvalue weighted by Gasteiger charge is 2.05. The molecule has 4 rings (SSSR count). The maximum atomic E-state index is 11.8. The van der Waals surface area contributed by atoms with Crippen LogP contribution >= 0.6 is 23.5 Å². The van der Waals surface area contributed by atoms with Crippen molar-refractivity contribution in [1.82, 2.24) is 0 Å². The number of benzene rings is 4. The Morgan fingerprint density at radius 2 is 1.06 bits per heavy atom. The fraction of sp³-hybridized carbons (Fsp3) is 0.167. The van der Waals surface area contributed by atoms with Crippen LogP contribution in [0.25, 0.3) is 0 Å². The Kier molecular flexibility index (Phi) is 11.5. The molecule has 34 heavy (non-hydrogen) atoms. The molecule has 174 valence electrons. The smallest absolute Gasteiger partial charge is 0.172 e. The van der Waals surface area contributed by atoms with Crippen LogP contribution in [0.5, 0.6) is 0 Å². The molecule has 0 bridgehead atoms. The summed E-state index contributed by atoms with van der Waals surface area (Å²) in [6, 6.07) is 40.6. The zero-order valence-electron chi connectivity index (χ0n) is 19.3. The van der Waals surface area contributed by atoms with Gasteiger partial charge in [0, 0.05) is 28.9 Å². The van der Waals surface area contributed by atoms with Gasteiger partial charge in [0.25, 0.3) is 0 Å². The Labute approximate surface area is 212 Å². The second-order valence-electron chi connectivity index (χ2n) is 7.79. The molecule has 4 heteroatoms. The molecule has 4 aromatic rings. The lowest BCUT2D eigenvalue weighted by molar-refractivity contribution is 0.102. The van der Waals surface area contributed by atoms with Gasteiger partial charge in [-0.2, -0.15) is 11.8 Å². The molecule has 2 N–H and O–H groups in total. The van der Waals surface area contributed by atoms with Gasteiger partial charge in [-0.3, -0.25) is 4.79 Å². The zero-order valence-corrected chi connectivity index (χ0v) is 20.9. The highest BCUT2D eigenvalue weighted by atomic mass is 32.2. The summed E-state index contributed by atoms with van der Waals surface area (Å²) in [5.74, 6) is 3.62. The number of hydrogen-bond donors (Lipinski definition) is 1. The number of ketones is 1. The normalized spacial score (nSPS) is 11.2. The van der Waals surface area contributed by atoms with E-state index in [0.717, 1.165) is 22.8 Å². The lowest BCUT2D eigenvalue weighted by Crippen LogP contribution is -2.12. The molecule has 0 fully saturated rings. The van der Waals surface area contributed by atoms with Crippen molar-refractivity contribution in [2.75, 3.05) is 11.5 Å². The molecule has 0 saturated carbocycles. The molecule has 1 unspecified atom stereocenters. The van der Waals surface area contributed by atoms with E-state index < -0.39 is 0 Å². The average molecular weight is 486 g/mol. The van der Waals surface area contributed by atoms with Gasteiger partial charge in [0.05, 0.1) is 5.75 Å². The van der Waals surface area contributed by atoms with Crippen molar-refractivity contribution in [3.63, 3.8) is 0 Å². The summed E-state index contributed by atoms with van der Waals surface area (Å²) in [7, 11) is 0. The standard InChI is InChI=1S/C15H17NS.C15H14OS/c2*16-15(14-9-5-2-6-10-14)12-17-11-13-7-3-1-4-8-13/h1-10,15H,11-12,16H2;1-10H,11-12H2. The van der Waals surface area contributed by atoms with Gasteiger partial charge in [0.2, 0.25) is 0 Å². The van der Waals surface area contributed by atoms with Crippen LogP contribution in [-0.2, 0) is 11.5 Å². The van der Waals surface area contributed by atoms with Gasteiger partial charge in [0.15, 0.2) is 5.78 Å². The Bertz CT molecular complexity index is 1070. The van der Waals surface area contributed by atoms with Gasteiger partial charge in [-0.05, 0) is 16.7 Å². The van der Waals surface area contributed by atoms with Crippen molar-refractivity contribution in [3.05, 3.63) is 144 Å². The van der Waals surface area contributed by atoms with Crippen molar-refractivity contribution in [1.29, 1.82) is 0 Å². The molecule has 0 saturated heterocycles. The van der Waals surface area contributed by atoms with Crippen molar-refractivity contribution >= 4 is 29.3 Å². The summed E-state index contributed by atoms with van der Waals surface area (Å²) in [6.07, 6.45) is 0. The third-order valence-electron chi connectivity index (χ3n) is 5.08. The number of nitrogens with two attached hydrogens (primary N) is 1. The van der Waals surface area contributed by atoms with Gasteiger partial charge in [0.1, 0.15) is 0 Å². The van der Waals surface area contributed by atoms with E-state index in [1.54, 1.807) is 11.8 Å². The first kappa shape index (κ1) is 25.8. The third kappa shape index (κ3) is 9.60. The van der Waals surface area contributed by atoms with E-state index in [2.05, 4.69) is 48.5 Å². The maximum Gasteiger partial charge on any atom is 0.172 e. The van der Waals surface area contributed by atoms with E-state index in [-0.39, 0.29) is 11.8 Å². The van der Waals surface area contributed by atoms with E-state index >= 15 is 0 Å². The minimum Gasteiger partial charge on any atom is -0.323 e. The predicted octanol–water partition coefficient (Wildman–Crippen LogP) is 7.42. The van der Waals surface area contributed by atoms with Crippen LogP contribution in [0.4, 0.5) is 0 Å². The first-order chi connectivity index (χ1) is 16.7. The van der Waals surface area contributed by atoms with E-state index in [1.165, 1.54) is 16.7 Å². The van der Waals surface area contributed by atoms with Gasteiger partial charge in [-0.1, -0.05) is 121 Å². The van der Waals surface area contributed by atoms with Crippen LogP contribution in [0.2, 0.25) is 0 Å². The molecule has 0 spiro atoms. The van der Waals surface area contributed by atoms with Crippen molar-refractivity contribution in [2.24, 2.45) is 5.73 Å². The second kappa shape index (κ2) is 15.2. The fourth-order valence-corrected chi connectivity index (χ4v) is 5.09. The Morgan fingerprint density at radius 3 is 1.59 bits per heavy atom. The molecule has 1 atom stereocenters. The summed E-state index contributed by atoms with van der Waals surface area (Å²) in [5.41, 5.74) is 10.8. The molecule has 4 aromatic carbocycles. The monoisotopic (exact) mass is 485 g/mol. The predicted molar refractivity (Wildman–Crippen MR) is 149 cm³/mol. The topological polar surface area (TPSA) is 43.1 Å². The SMILES string of the molecule is NC(CSCc1ccccc1)c1ccccc1.O=C(CSCc1ccccc1)c1ccccc1. The van der Waals surface area contributed by atoms with Crippen LogP contribution in [0, 0.1) is 0 Å². The van der Waals surface area contributed by atoms with Crippen LogP contribution < -0.4 is 5.73 Å². The molecule has 0 radical (unpaired) electrons. The first-order valence-corrected chi connectivity index (χ1v) is 13.7. The minimum atomic E-state index is 0.130. The summed E-state index contributed by atoms with van der Waals surface area (Å²) >= 11 is 3.54. The molecule has 0 aliphatic carbocycles. The highest BCUT2D eigenvalue weighted by molar-refractivity contribution is 7.99. The zero-order chi connectivity index (χ0) is 23.8. The van der Waals surface area contributed by atoms with Crippen LogP contribution in [0.3, 0.4) is 0 Å². The van der Waals surface area contributed by atoms with Crippen molar-refractivity contribution < 1.29 is 4.79 Å². The van der Waals surface area contributed by atoms with Crippen molar-refractivity contribution in [3.8, 4) is 0 Å². The largest absolute Gasteiger partial charge is 0.323 e. The van der Waals surface area contributed by atoms with Crippen LogP contribution in [-0.4, -0.2) is 17.3 Å². The minimum absolute atomic E-state index is 0.130. The number of carbonyl (C=O) groups is 1. The number of hydrogen-bond acceptors (Lipinski definition) is 4. The number of carbonyl (C=O) groups excluding carboxylic acids is 1. The van der Waals surface area contributed by atoms with Gasteiger partial charge in [-0.25, -0.2) is 0 Å². The molecular weight excluding hydrogens is 454 g/mol. The van der Waals surface area contributed by atoms with Crippen LogP contribution in [0.1, 0.15) is 33.1 Å². The Hall–Kier alpha value is -2.79. The Balaban J connectivity index is 0.000000191. The lowest BCUT2D eigenvalue weighted by atomic mass is 10.1. The number of Topliss-reactive ketones (excluding diaryl/α,β-unsaturated/α-hetero) is 1. The Morgan fingerprint density at radius 1 is 0.618 bits per heavy atom. The van der Waals surface area contributed by atoms with Crippen molar-refractivity contribution in [2.45, 2.75) is 17.5 Å². The number of rotatable bonds is 10. The maximum absolute atomic E-state index is 11.8. The molecule has 2 nitrogen and oxygen atoms in total. The first-order valence-electron chi connectivity index (χ1n) is 11.3. The molecular formula is C30H31NOS2. The summed E-state index contributed by atoms with van der Waals surface area (Å²) in [6.45, 7) is 0. The van der Waals surface area contributed by atoms with E-state index in [1.807, 2.05) is 84.6 Å². The van der Waals surface area contributed by atoms with Gasteiger partial charge < -0.3 is 5.73 Å². The highest BCUT2D eigenvalue weighted by Crippen LogP contribution is 2.19. The van der Waals surface area contributed by atoms with E-state index in [0.29, 0.717) is 5.75 Å². The van der Waals surface area contributed by atoms with Gasteiger partial charge in [-0.15, -0.1) is 11.8 Å². The quantitative estimate of drug-likeness (QED) is 0.237. The second-order valence-corrected chi connectivity index (χ2v) is 9.80. The molecule has 0 aromatic heterocycles. The molecule has 0 aliphatic rings. The molecule has 0 heterocycles. The average Bonchev–Trinajstić information content (AvgIpc) is 2.91. The summed E-state index contributed by atoms with van der Waals surface area (Å²) in [5, 5.41) is 0. The summed E-state index contributed by atoms with van der Waals surface area (Å²) in [4.78, 5) is 11.8. The molecule has 0 aliphatic heterocycles. The van der Waals surface area contributed by atoms with E-state index in [9.17, 15) is 4.79 Å². The number of thioether (sulfide) groups is 2. The molecule has 0 amide bonds. The summed E-state index contributed by atoms with van der Waals surface area (Å²) < 4.78 is 0. The fourth-order valence-electron chi connectivity index (χ4n) is 3.22. The van der Waals surface area contributed by atoms with E-state index in [4.69, 9.17) is 5.73 Å². The van der Waals surface area contributed by atoms with Gasteiger partial charge >= 0.3 is 0 Å². The lowest BCUT2D eigenvalue weighted by Gasteiger charge is -2.11. The third-order valence-corrected chi connectivity index (χ3v) is 7.21.